The van der Waals surface area contributed by atoms with E-state index in [-0.39, 0.29) is 0 Å². The third-order valence-corrected chi connectivity index (χ3v) is 4.45. The maximum Gasteiger partial charge on any atom is 0.0410 e. The molecule has 0 heterocycles. The van der Waals surface area contributed by atoms with Crippen LogP contribution in [-0.4, -0.2) is 6.04 Å². The molecule has 1 fully saturated rings. The molecule has 100 valence electrons. The highest BCUT2D eigenvalue weighted by Crippen LogP contribution is 2.28. The van der Waals surface area contributed by atoms with E-state index in [0.29, 0.717) is 6.04 Å². The third kappa shape index (κ3) is 3.65. The lowest BCUT2D eigenvalue weighted by Gasteiger charge is -2.19. The topological polar surface area (TPSA) is 12.0 Å². The molecule has 0 aliphatic heterocycles. The lowest BCUT2D eigenvalue weighted by molar-refractivity contribution is 0.444. The van der Waals surface area contributed by atoms with Crippen molar-refractivity contribution < 1.29 is 0 Å². The zero-order valence-electron chi connectivity index (χ0n) is 11.5. The van der Waals surface area contributed by atoms with Gasteiger partial charge in [0.05, 0.1) is 0 Å². The van der Waals surface area contributed by atoms with E-state index in [2.05, 4.69) is 25.2 Å². The number of nitrogens with one attached hydrogen (secondary N) is 1. The van der Waals surface area contributed by atoms with Crippen molar-refractivity contribution in [3.8, 4) is 0 Å². The second-order valence-electron chi connectivity index (χ2n) is 5.58. The van der Waals surface area contributed by atoms with Gasteiger partial charge in [0.15, 0.2) is 0 Å². The molecule has 2 unspecified atom stereocenters. The molecular formula is C16H24ClN. The highest BCUT2D eigenvalue weighted by molar-refractivity contribution is 6.30. The summed E-state index contributed by atoms with van der Waals surface area (Å²) in [7, 11) is 0. The normalized spacial score (nSPS) is 24.6. The SMILES string of the molecule is CCC1CCCC(Nc2ccc(Cl)cc2C)CC1. The van der Waals surface area contributed by atoms with Crippen LogP contribution in [0.4, 0.5) is 5.69 Å². The zero-order chi connectivity index (χ0) is 13.0. The summed E-state index contributed by atoms with van der Waals surface area (Å²) in [4.78, 5) is 0. The molecule has 1 saturated carbocycles. The minimum absolute atomic E-state index is 0.640. The van der Waals surface area contributed by atoms with Crippen molar-refractivity contribution in [2.75, 3.05) is 5.32 Å². The smallest absolute Gasteiger partial charge is 0.0410 e. The van der Waals surface area contributed by atoms with E-state index in [1.165, 1.54) is 49.8 Å². The molecule has 2 atom stereocenters. The van der Waals surface area contributed by atoms with Crippen LogP contribution in [0.3, 0.4) is 0 Å². The van der Waals surface area contributed by atoms with Crippen molar-refractivity contribution in [3.63, 3.8) is 0 Å². The van der Waals surface area contributed by atoms with Gasteiger partial charge in [-0.1, -0.05) is 37.8 Å². The minimum atomic E-state index is 0.640. The Morgan fingerprint density at radius 2 is 2.06 bits per heavy atom. The van der Waals surface area contributed by atoms with Gasteiger partial charge >= 0.3 is 0 Å². The van der Waals surface area contributed by atoms with Crippen LogP contribution in [0.2, 0.25) is 5.02 Å². The third-order valence-electron chi connectivity index (χ3n) is 4.21. The molecule has 0 spiro atoms. The van der Waals surface area contributed by atoms with Crippen molar-refractivity contribution in [2.24, 2.45) is 5.92 Å². The average Bonchev–Trinajstić information content (AvgIpc) is 2.58. The maximum absolute atomic E-state index is 6.00. The number of rotatable bonds is 3. The summed E-state index contributed by atoms with van der Waals surface area (Å²) in [5, 5.41) is 4.53. The first-order valence-corrected chi connectivity index (χ1v) is 7.59. The van der Waals surface area contributed by atoms with Gasteiger partial charge in [0.25, 0.3) is 0 Å². The number of anilines is 1. The average molecular weight is 266 g/mol. The fourth-order valence-electron chi connectivity index (χ4n) is 2.94. The lowest BCUT2D eigenvalue weighted by atomic mass is 9.98. The van der Waals surface area contributed by atoms with Gasteiger partial charge < -0.3 is 5.32 Å². The molecule has 2 rings (SSSR count). The Kier molecular flexibility index (Phi) is 4.94. The molecule has 1 aromatic rings. The highest BCUT2D eigenvalue weighted by Gasteiger charge is 2.17. The predicted molar refractivity (Wildman–Crippen MR) is 80.5 cm³/mol. The van der Waals surface area contributed by atoms with Gasteiger partial charge in [-0.25, -0.2) is 0 Å². The standard InChI is InChI=1S/C16H24ClN/c1-3-13-5-4-6-15(9-7-13)18-16-10-8-14(17)11-12(16)2/h8,10-11,13,15,18H,3-7,9H2,1-2H3. The monoisotopic (exact) mass is 265 g/mol. The minimum Gasteiger partial charge on any atom is -0.382 e. The molecule has 1 aliphatic rings. The van der Waals surface area contributed by atoms with Crippen molar-refractivity contribution in [1.29, 1.82) is 0 Å². The number of hydrogen-bond donors (Lipinski definition) is 1. The number of hydrogen-bond acceptors (Lipinski definition) is 1. The maximum atomic E-state index is 6.00. The number of aryl methyl sites for hydroxylation is 1. The Bertz CT molecular complexity index is 389. The lowest BCUT2D eigenvalue weighted by Crippen LogP contribution is -2.19. The fourth-order valence-corrected chi connectivity index (χ4v) is 3.17. The molecule has 0 amide bonds. The number of benzene rings is 1. The van der Waals surface area contributed by atoms with Crippen LogP contribution < -0.4 is 5.32 Å². The van der Waals surface area contributed by atoms with Crippen LogP contribution in [-0.2, 0) is 0 Å². The summed E-state index contributed by atoms with van der Waals surface area (Å²) >= 11 is 6.00. The first kappa shape index (κ1) is 13.7. The van der Waals surface area contributed by atoms with E-state index in [9.17, 15) is 0 Å². The Morgan fingerprint density at radius 3 is 2.78 bits per heavy atom. The van der Waals surface area contributed by atoms with Crippen LogP contribution in [0.15, 0.2) is 18.2 Å². The molecule has 1 aliphatic carbocycles. The molecule has 1 nitrogen and oxygen atoms in total. The van der Waals surface area contributed by atoms with Crippen LogP contribution >= 0.6 is 11.6 Å². The quantitative estimate of drug-likeness (QED) is 0.720. The fraction of sp³-hybridized carbons (Fsp3) is 0.625. The van der Waals surface area contributed by atoms with Crippen LogP contribution in [0.25, 0.3) is 0 Å². The summed E-state index contributed by atoms with van der Waals surface area (Å²) in [6, 6.07) is 6.76. The van der Waals surface area contributed by atoms with Crippen molar-refractivity contribution in [2.45, 2.75) is 58.4 Å². The van der Waals surface area contributed by atoms with Gasteiger partial charge in [-0.05, 0) is 55.9 Å². The first-order valence-electron chi connectivity index (χ1n) is 7.21. The van der Waals surface area contributed by atoms with Crippen molar-refractivity contribution in [3.05, 3.63) is 28.8 Å². The van der Waals surface area contributed by atoms with Crippen molar-refractivity contribution >= 4 is 17.3 Å². The van der Waals surface area contributed by atoms with Gasteiger partial charge in [-0.3, -0.25) is 0 Å². The summed E-state index contributed by atoms with van der Waals surface area (Å²) in [6.45, 7) is 4.45. The highest BCUT2D eigenvalue weighted by atomic mass is 35.5. The summed E-state index contributed by atoms with van der Waals surface area (Å²) < 4.78 is 0. The summed E-state index contributed by atoms with van der Waals surface area (Å²) in [6.07, 6.45) is 8.10. The van der Waals surface area contributed by atoms with Crippen LogP contribution in [0.1, 0.15) is 51.0 Å². The molecule has 1 aromatic carbocycles. The number of halogens is 1. The van der Waals surface area contributed by atoms with E-state index in [1.807, 2.05) is 12.1 Å². The summed E-state index contributed by atoms with van der Waals surface area (Å²) in [5.41, 5.74) is 2.50. The van der Waals surface area contributed by atoms with Gasteiger partial charge in [0, 0.05) is 16.8 Å². The van der Waals surface area contributed by atoms with Gasteiger partial charge in [-0.2, -0.15) is 0 Å². The molecule has 0 saturated heterocycles. The van der Waals surface area contributed by atoms with Crippen LogP contribution in [0.5, 0.6) is 0 Å². The molecule has 0 radical (unpaired) electrons. The van der Waals surface area contributed by atoms with E-state index in [0.717, 1.165) is 10.9 Å². The largest absolute Gasteiger partial charge is 0.382 e. The van der Waals surface area contributed by atoms with Gasteiger partial charge in [-0.15, -0.1) is 0 Å². The molecule has 0 bridgehead atoms. The molecule has 18 heavy (non-hydrogen) atoms. The predicted octanol–water partition coefficient (Wildman–Crippen LogP) is 5.42. The van der Waals surface area contributed by atoms with E-state index in [4.69, 9.17) is 11.6 Å². The summed E-state index contributed by atoms with van der Waals surface area (Å²) in [5.74, 6) is 0.947. The van der Waals surface area contributed by atoms with E-state index >= 15 is 0 Å². The second kappa shape index (κ2) is 6.47. The van der Waals surface area contributed by atoms with Gasteiger partial charge in [0.1, 0.15) is 0 Å². The zero-order valence-corrected chi connectivity index (χ0v) is 12.3. The van der Waals surface area contributed by atoms with Gasteiger partial charge in [0.2, 0.25) is 0 Å². The van der Waals surface area contributed by atoms with E-state index < -0.39 is 0 Å². The Hall–Kier alpha value is -0.690. The Balaban J connectivity index is 1.96. The van der Waals surface area contributed by atoms with Crippen LogP contribution in [0, 0.1) is 12.8 Å². The Morgan fingerprint density at radius 1 is 1.22 bits per heavy atom. The molecular weight excluding hydrogens is 242 g/mol. The Labute approximate surface area is 116 Å². The molecule has 1 N–H and O–H groups in total. The molecule has 0 aromatic heterocycles. The van der Waals surface area contributed by atoms with E-state index in [1.54, 1.807) is 0 Å². The first-order chi connectivity index (χ1) is 8.69. The molecule has 2 heteroatoms. The second-order valence-corrected chi connectivity index (χ2v) is 6.02. The van der Waals surface area contributed by atoms with Crippen molar-refractivity contribution in [1.82, 2.24) is 0 Å².